The van der Waals surface area contributed by atoms with Gasteiger partial charge in [-0.15, -0.1) is 0 Å². The van der Waals surface area contributed by atoms with Gasteiger partial charge in [0.05, 0.1) is 35.4 Å². The van der Waals surface area contributed by atoms with E-state index < -0.39 is 0 Å². The largest absolute Gasteiger partial charge is 0.374 e. The fourth-order valence-electron chi connectivity index (χ4n) is 3.93. The van der Waals surface area contributed by atoms with E-state index in [0.717, 1.165) is 43.2 Å². The highest BCUT2D eigenvalue weighted by molar-refractivity contribution is 5.97. The molecule has 0 radical (unpaired) electrons. The predicted molar refractivity (Wildman–Crippen MR) is 88.8 cm³/mol. The fraction of sp³-hybridized carbons (Fsp3) is 0.611. The van der Waals surface area contributed by atoms with Gasteiger partial charge in [-0.05, 0) is 25.3 Å². The van der Waals surface area contributed by atoms with E-state index in [0.29, 0.717) is 24.4 Å². The third kappa shape index (κ3) is 2.69. The second kappa shape index (κ2) is 6.51. The van der Waals surface area contributed by atoms with Gasteiger partial charge >= 0.3 is 0 Å². The van der Waals surface area contributed by atoms with Crippen LogP contribution in [0, 0.1) is 0 Å². The molecule has 1 aliphatic carbocycles. The minimum absolute atomic E-state index is 0.0493. The third-order valence-electron chi connectivity index (χ3n) is 5.13. The summed E-state index contributed by atoms with van der Waals surface area (Å²) in [6.45, 7) is 3.38. The molecular weight excluding hydrogens is 306 g/mol. The number of ether oxygens (including phenoxy) is 1. The Balaban J connectivity index is 1.63. The number of hydrogen-bond acceptors (Lipinski definition) is 5. The van der Waals surface area contributed by atoms with Gasteiger partial charge in [0.1, 0.15) is 0 Å². The van der Waals surface area contributed by atoms with Crippen molar-refractivity contribution in [2.75, 3.05) is 13.2 Å². The number of morpholine rings is 1. The van der Waals surface area contributed by atoms with Crippen LogP contribution in [0.5, 0.6) is 0 Å². The lowest BCUT2D eigenvalue weighted by molar-refractivity contribution is -0.0752. The summed E-state index contributed by atoms with van der Waals surface area (Å²) in [5.74, 6) is 0.0493. The molecular formula is C18H23N3O3. The number of aryl methyl sites for hydroxylation is 1. The van der Waals surface area contributed by atoms with E-state index in [2.05, 4.69) is 17.1 Å². The highest BCUT2D eigenvalue weighted by Gasteiger charge is 2.37. The molecule has 3 heterocycles. The van der Waals surface area contributed by atoms with Gasteiger partial charge in [0, 0.05) is 12.7 Å². The number of fused-ring (bicyclic) bond motifs is 2. The van der Waals surface area contributed by atoms with Gasteiger partial charge in [0.2, 0.25) is 0 Å². The smallest absolute Gasteiger partial charge is 0.257 e. The molecule has 2 aromatic rings. The average Bonchev–Trinajstić information content (AvgIpc) is 3.03. The van der Waals surface area contributed by atoms with Crippen LogP contribution in [-0.4, -0.2) is 46.2 Å². The molecule has 1 saturated carbocycles. The lowest BCUT2D eigenvalue weighted by Gasteiger charge is -2.43. The first kappa shape index (κ1) is 15.6. The Morgan fingerprint density at radius 2 is 2.25 bits per heavy atom. The number of hydrogen-bond donors (Lipinski definition) is 0. The first-order valence-corrected chi connectivity index (χ1v) is 8.95. The molecule has 0 aromatic carbocycles. The zero-order valence-corrected chi connectivity index (χ0v) is 14.0. The van der Waals surface area contributed by atoms with Crippen molar-refractivity contribution in [2.45, 2.75) is 57.6 Å². The van der Waals surface area contributed by atoms with Crippen molar-refractivity contribution in [1.29, 1.82) is 0 Å². The van der Waals surface area contributed by atoms with Crippen LogP contribution in [0.4, 0.5) is 0 Å². The molecule has 6 nitrogen and oxygen atoms in total. The average molecular weight is 329 g/mol. The first-order chi connectivity index (χ1) is 11.8. The molecule has 6 heteroatoms. The van der Waals surface area contributed by atoms with Crippen molar-refractivity contribution in [1.82, 2.24) is 15.0 Å². The number of pyridine rings is 1. The highest BCUT2D eigenvalue weighted by Crippen LogP contribution is 2.30. The molecule has 0 unspecified atom stereocenters. The van der Waals surface area contributed by atoms with E-state index in [1.54, 1.807) is 6.20 Å². The van der Waals surface area contributed by atoms with Crippen LogP contribution in [0.2, 0.25) is 0 Å². The number of carbonyl (C=O) groups excluding carboxylic acids is 1. The quantitative estimate of drug-likeness (QED) is 0.866. The molecule has 1 aliphatic heterocycles. The molecule has 0 N–H and O–H groups in total. The molecule has 0 bridgehead atoms. The minimum atomic E-state index is 0.0493. The van der Waals surface area contributed by atoms with Gasteiger partial charge in [-0.2, -0.15) is 0 Å². The Hall–Kier alpha value is -1.95. The lowest BCUT2D eigenvalue weighted by Crippen LogP contribution is -2.54. The Bertz CT molecular complexity index is 740. The van der Waals surface area contributed by atoms with Crippen molar-refractivity contribution >= 4 is 17.0 Å². The van der Waals surface area contributed by atoms with Crippen LogP contribution in [-0.2, 0) is 11.2 Å². The molecule has 1 saturated heterocycles. The fourth-order valence-corrected chi connectivity index (χ4v) is 3.93. The van der Waals surface area contributed by atoms with Crippen molar-refractivity contribution in [3.63, 3.8) is 0 Å². The number of rotatable bonds is 3. The Labute approximate surface area is 141 Å². The van der Waals surface area contributed by atoms with Gasteiger partial charge in [-0.1, -0.05) is 31.3 Å². The van der Waals surface area contributed by atoms with E-state index in [1.165, 1.54) is 6.42 Å². The van der Waals surface area contributed by atoms with Crippen molar-refractivity contribution in [2.24, 2.45) is 0 Å². The molecule has 2 aromatic heterocycles. The van der Waals surface area contributed by atoms with Gasteiger partial charge in [-0.25, -0.2) is 4.98 Å². The number of amides is 1. The normalized spacial score (nSPS) is 24.1. The molecule has 0 spiro atoms. The summed E-state index contributed by atoms with van der Waals surface area (Å²) < 4.78 is 11.1. The van der Waals surface area contributed by atoms with E-state index in [1.807, 2.05) is 11.0 Å². The molecule has 128 valence electrons. The zero-order chi connectivity index (χ0) is 16.5. The summed E-state index contributed by atoms with van der Waals surface area (Å²) in [6.07, 6.45) is 8.05. The molecule has 2 fully saturated rings. The zero-order valence-electron chi connectivity index (χ0n) is 14.0. The van der Waals surface area contributed by atoms with E-state index in [-0.39, 0.29) is 18.1 Å². The summed E-state index contributed by atoms with van der Waals surface area (Å²) in [7, 11) is 0. The third-order valence-corrected chi connectivity index (χ3v) is 5.13. The van der Waals surface area contributed by atoms with Crippen LogP contribution >= 0.6 is 0 Å². The van der Waals surface area contributed by atoms with Crippen LogP contribution < -0.4 is 0 Å². The predicted octanol–water partition coefficient (Wildman–Crippen LogP) is 2.96. The standard InChI is InChI=1S/C18H23N3O3/c1-2-5-14-13-10-12(11-19-17(13)24-20-14)18(22)21-8-9-23-16-7-4-3-6-15(16)21/h10-11,15-16H,2-9H2,1H3/t15-,16-/m1/s1. The molecule has 4 rings (SSSR count). The van der Waals surface area contributed by atoms with E-state index in [9.17, 15) is 4.79 Å². The maximum atomic E-state index is 13.1. The Morgan fingerprint density at radius 3 is 3.12 bits per heavy atom. The highest BCUT2D eigenvalue weighted by atomic mass is 16.5. The first-order valence-electron chi connectivity index (χ1n) is 8.95. The van der Waals surface area contributed by atoms with Crippen LogP contribution in [0.15, 0.2) is 16.8 Å². The van der Waals surface area contributed by atoms with Gasteiger partial charge in [-0.3, -0.25) is 4.79 Å². The summed E-state index contributed by atoms with van der Waals surface area (Å²) in [5, 5.41) is 4.94. The number of carbonyl (C=O) groups is 1. The SMILES string of the molecule is CCCc1noc2ncc(C(=O)N3CCO[C@@H]4CCCC[C@H]43)cc12. The maximum Gasteiger partial charge on any atom is 0.257 e. The van der Waals surface area contributed by atoms with Gasteiger partial charge in [0.25, 0.3) is 11.6 Å². The Kier molecular flexibility index (Phi) is 4.22. The minimum Gasteiger partial charge on any atom is -0.374 e. The van der Waals surface area contributed by atoms with Crippen molar-refractivity contribution in [3.8, 4) is 0 Å². The van der Waals surface area contributed by atoms with Crippen LogP contribution in [0.3, 0.4) is 0 Å². The Morgan fingerprint density at radius 1 is 1.38 bits per heavy atom. The van der Waals surface area contributed by atoms with E-state index in [4.69, 9.17) is 9.26 Å². The monoisotopic (exact) mass is 329 g/mol. The topological polar surface area (TPSA) is 68.5 Å². The van der Waals surface area contributed by atoms with Gasteiger partial charge < -0.3 is 14.2 Å². The molecule has 24 heavy (non-hydrogen) atoms. The molecule has 1 amide bonds. The van der Waals surface area contributed by atoms with Crippen LogP contribution in [0.1, 0.15) is 55.1 Å². The van der Waals surface area contributed by atoms with Crippen molar-refractivity contribution < 1.29 is 14.1 Å². The molecule has 2 atom stereocenters. The van der Waals surface area contributed by atoms with Crippen molar-refractivity contribution in [3.05, 3.63) is 23.5 Å². The summed E-state index contributed by atoms with van der Waals surface area (Å²) in [4.78, 5) is 19.4. The molecule has 2 aliphatic rings. The summed E-state index contributed by atoms with van der Waals surface area (Å²) in [6, 6.07) is 2.09. The number of nitrogens with zero attached hydrogens (tertiary/aromatic N) is 3. The summed E-state index contributed by atoms with van der Waals surface area (Å²) >= 11 is 0. The maximum absolute atomic E-state index is 13.1. The van der Waals surface area contributed by atoms with Crippen LogP contribution in [0.25, 0.3) is 11.1 Å². The van der Waals surface area contributed by atoms with E-state index >= 15 is 0 Å². The summed E-state index contributed by atoms with van der Waals surface area (Å²) in [5.41, 5.74) is 2.01. The lowest BCUT2D eigenvalue weighted by atomic mass is 9.90. The number of aromatic nitrogens is 2. The second-order valence-electron chi connectivity index (χ2n) is 6.72. The van der Waals surface area contributed by atoms with Gasteiger partial charge in [0.15, 0.2) is 0 Å². The second-order valence-corrected chi connectivity index (χ2v) is 6.72.